The number of rotatable bonds is 5. The summed E-state index contributed by atoms with van der Waals surface area (Å²) in [6.45, 7) is 1.95. The molecule has 0 bridgehead atoms. The molecule has 0 aromatic heterocycles. The maximum absolute atomic E-state index is 13.2. The standard InChI is InChI=1S/C15H14ClFN2O2/c1-2-13(10-4-3-5-11(16)8-10)18-14-7-6-12(17)9-15(14)19(20)21/h3-9,13,18H,2H2,1H3. The second-order valence-corrected chi connectivity index (χ2v) is 5.02. The van der Waals surface area contributed by atoms with E-state index in [1.54, 1.807) is 12.1 Å². The molecule has 0 aliphatic carbocycles. The lowest BCUT2D eigenvalue weighted by molar-refractivity contribution is -0.384. The summed E-state index contributed by atoms with van der Waals surface area (Å²) in [5.41, 5.74) is 0.923. The molecule has 0 saturated carbocycles. The number of nitro groups is 1. The molecule has 0 aliphatic heterocycles. The third-order valence-electron chi connectivity index (χ3n) is 3.15. The Balaban J connectivity index is 2.33. The highest BCUT2D eigenvalue weighted by Crippen LogP contribution is 2.30. The fourth-order valence-corrected chi connectivity index (χ4v) is 2.31. The second kappa shape index (κ2) is 6.54. The lowest BCUT2D eigenvalue weighted by Gasteiger charge is -2.19. The molecule has 2 aromatic carbocycles. The van der Waals surface area contributed by atoms with E-state index in [0.717, 1.165) is 11.6 Å². The largest absolute Gasteiger partial charge is 0.373 e. The zero-order chi connectivity index (χ0) is 15.4. The highest BCUT2D eigenvalue weighted by Gasteiger charge is 2.18. The van der Waals surface area contributed by atoms with Gasteiger partial charge in [-0.15, -0.1) is 0 Å². The smallest absolute Gasteiger partial charge is 0.295 e. The first kappa shape index (κ1) is 15.3. The van der Waals surface area contributed by atoms with Crippen LogP contribution in [0.25, 0.3) is 0 Å². The van der Waals surface area contributed by atoms with E-state index in [-0.39, 0.29) is 17.4 Å². The number of benzene rings is 2. The van der Waals surface area contributed by atoms with Crippen LogP contribution in [0.2, 0.25) is 5.02 Å². The third kappa shape index (κ3) is 3.70. The van der Waals surface area contributed by atoms with Gasteiger partial charge in [0.25, 0.3) is 5.69 Å². The van der Waals surface area contributed by atoms with E-state index in [1.807, 2.05) is 19.1 Å². The van der Waals surface area contributed by atoms with Crippen molar-refractivity contribution < 1.29 is 9.31 Å². The minimum absolute atomic E-state index is 0.145. The maximum Gasteiger partial charge on any atom is 0.295 e. The summed E-state index contributed by atoms with van der Waals surface area (Å²) in [6.07, 6.45) is 0.703. The zero-order valence-corrected chi connectivity index (χ0v) is 12.1. The molecule has 1 unspecified atom stereocenters. The molecule has 0 radical (unpaired) electrons. The molecule has 0 saturated heterocycles. The molecule has 0 spiro atoms. The van der Waals surface area contributed by atoms with Gasteiger partial charge in [-0.3, -0.25) is 10.1 Å². The van der Waals surface area contributed by atoms with Gasteiger partial charge in [0.2, 0.25) is 0 Å². The van der Waals surface area contributed by atoms with Gasteiger partial charge in [0.05, 0.1) is 17.0 Å². The van der Waals surface area contributed by atoms with Crippen LogP contribution in [0.5, 0.6) is 0 Å². The van der Waals surface area contributed by atoms with Crippen molar-refractivity contribution in [3.05, 3.63) is 69.0 Å². The van der Waals surface area contributed by atoms with Crippen LogP contribution in [0.15, 0.2) is 42.5 Å². The summed E-state index contributed by atoms with van der Waals surface area (Å²) >= 11 is 5.97. The first-order valence-corrected chi connectivity index (χ1v) is 6.85. The number of nitrogens with zero attached hydrogens (tertiary/aromatic N) is 1. The lowest BCUT2D eigenvalue weighted by atomic mass is 10.0. The van der Waals surface area contributed by atoms with Gasteiger partial charge in [0.15, 0.2) is 0 Å². The van der Waals surface area contributed by atoms with Crippen LogP contribution in [0.4, 0.5) is 15.8 Å². The molecule has 6 heteroatoms. The molecule has 2 aromatic rings. The van der Waals surface area contributed by atoms with Crippen molar-refractivity contribution in [3.63, 3.8) is 0 Å². The lowest BCUT2D eigenvalue weighted by Crippen LogP contribution is -2.11. The van der Waals surface area contributed by atoms with Gasteiger partial charge in [-0.05, 0) is 36.2 Å². The van der Waals surface area contributed by atoms with Gasteiger partial charge in [-0.1, -0.05) is 30.7 Å². The predicted octanol–water partition coefficient (Wildman–Crippen LogP) is 4.95. The van der Waals surface area contributed by atoms with Crippen LogP contribution in [0, 0.1) is 15.9 Å². The van der Waals surface area contributed by atoms with Crippen molar-refractivity contribution in [3.8, 4) is 0 Å². The van der Waals surface area contributed by atoms with E-state index in [4.69, 9.17) is 11.6 Å². The Morgan fingerprint density at radius 1 is 1.33 bits per heavy atom. The highest BCUT2D eigenvalue weighted by molar-refractivity contribution is 6.30. The molecule has 1 N–H and O–H groups in total. The average Bonchev–Trinajstić information content (AvgIpc) is 2.45. The van der Waals surface area contributed by atoms with Crippen molar-refractivity contribution in [2.45, 2.75) is 19.4 Å². The van der Waals surface area contributed by atoms with E-state index in [1.165, 1.54) is 12.1 Å². The van der Waals surface area contributed by atoms with Gasteiger partial charge >= 0.3 is 0 Å². The Morgan fingerprint density at radius 3 is 2.71 bits per heavy atom. The van der Waals surface area contributed by atoms with Gasteiger partial charge in [-0.2, -0.15) is 0 Å². The van der Waals surface area contributed by atoms with E-state index in [9.17, 15) is 14.5 Å². The topological polar surface area (TPSA) is 55.2 Å². The quantitative estimate of drug-likeness (QED) is 0.628. The van der Waals surface area contributed by atoms with Gasteiger partial charge in [-0.25, -0.2) is 4.39 Å². The first-order valence-electron chi connectivity index (χ1n) is 6.47. The summed E-state index contributed by atoms with van der Waals surface area (Å²) < 4.78 is 13.2. The molecule has 1 atom stereocenters. The van der Waals surface area contributed by atoms with Crippen LogP contribution >= 0.6 is 11.6 Å². The Kier molecular flexibility index (Phi) is 4.75. The van der Waals surface area contributed by atoms with E-state index < -0.39 is 10.7 Å². The average molecular weight is 309 g/mol. The molecule has 4 nitrogen and oxygen atoms in total. The maximum atomic E-state index is 13.2. The minimum Gasteiger partial charge on any atom is -0.373 e. The van der Waals surface area contributed by atoms with E-state index >= 15 is 0 Å². The normalized spacial score (nSPS) is 12.0. The van der Waals surface area contributed by atoms with Crippen molar-refractivity contribution in [1.82, 2.24) is 0 Å². The number of hydrogen-bond acceptors (Lipinski definition) is 3. The first-order chi connectivity index (χ1) is 10.0. The molecule has 0 aliphatic rings. The summed E-state index contributed by atoms with van der Waals surface area (Å²) in [7, 11) is 0. The number of halogens is 2. The molecule has 2 rings (SSSR count). The minimum atomic E-state index is -0.636. The Hall–Kier alpha value is -2.14. The van der Waals surface area contributed by atoms with Crippen LogP contribution < -0.4 is 5.32 Å². The zero-order valence-electron chi connectivity index (χ0n) is 11.3. The van der Waals surface area contributed by atoms with Crippen molar-refractivity contribution >= 4 is 23.0 Å². The van der Waals surface area contributed by atoms with Crippen molar-refractivity contribution in [1.29, 1.82) is 0 Å². The molecule has 21 heavy (non-hydrogen) atoms. The summed E-state index contributed by atoms with van der Waals surface area (Å²) in [4.78, 5) is 10.4. The second-order valence-electron chi connectivity index (χ2n) is 4.58. The summed E-state index contributed by atoms with van der Waals surface area (Å²) in [6, 6.07) is 10.6. The molecule has 0 heterocycles. The van der Waals surface area contributed by atoms with Gasteiger partial charge in [0.1, 0.15) is 11.5 Å². The molecular weight excluding hydrogens is 295 g/mol. The Bertz CT molecular complexity index is 664. The fourth-order valence-electron chi connectivity index (χ4n) is 2.11. The number of nitrogens with one attached hydrogen (secondary N) is 1. The predicted molar refractivity (Wildman–Crippen MR) is 81.2 cm³/mol. The number of hydrogen-bond donors (Lipinski definition) is 1. The summed E-state index contributed by atoms with van der Waals surface area (Å²) in [5.74, 6) is -0.636. The summed E-state index contributed by atoms with van der Waals surface area (Å²) in [5, 5.41) is 14.7. The van der Waals surface area contributed by atoms with Gasteiger partial charge in [0, 0.05) is 5.02 Å². The van der Waals surface area contributed by atoms with E-state index in [2.05, 4.69) is 5.32 Å². The molecule has 0 amide bonds. The van der Waals surface area contributed by atoms with E-state index in [0.29, 0.717) is 11.4 Å². The Labute approximate surface area is 126 Å². The molecular formula is C15H14ClFN2O2. The third-order valence-corrected chi connectivity index (χ3v) is 3.38. The molecule has 0 fully saturated rings. The van der Waals surface area contributed by atoms with Crippen LogP contribution in [0.1, 0.15) is 24.9 Å². The van der Waals surface area contributed by atoms with Crippen molar-refractivity contribution in [2.75, 3.05) is 5.32 Å². The highest BCUT2D eigenvalue weighted by atomic mass is 35.5. The van der Waals surface area contributed by atoms with Gasteiger partial charge < -0.3 is 5.32 Å². The van der Waals surface area contributed by atoms with Crippen LogP contribution in [-0.4, -0.2) is 4.92 Å². The SMILES string of the molecule is CCC(Nc1ccc(F)cc1[N+](=O)[O-])c1cccc(Cl)c1. The van der Waals surface area contributed by atoms with Crippen LogP contribution in [-0.2, 0) is 0 Å². The Morgan fingerprint density at radius 2 is 2.10 bits per heavy atom. The molecule has 110 valence electrons. The number of anilines is 1. The van der Waals surface area contributed by atoms with Crippen molar-refractivity contribution in [2.24, 2.45) is 0 Å². The monoisotopic (exact) mass is 308 g/mol. The van der Waals surface area contributed by atoms with Crippen LogP contribution in [0.3, 0.4) is 0 Å². The fraction of sp³-hybridized carbons (Fsp3) is 0.200. The number of nitro benzene ring substituents is 1.